The van der Waals surface area contributed by atoms with Crippen molar-refractivity contribution in [2.45, 2.75) is 89.1 Å². The number of ether oxygens (including phenoxy) is 1. The monoisotopic (exact) mass is 505 g/mol. The molecule has 0 spiro atoms. The number of allylic oxidation sites excluding steroid dienone is 10. The fourth-order valence-corrected chi connectivity index (χ4v) is 3.89. The first-order chi connectivity index (χ1) is 17.5. The molecule has 4 N–H and O–H groups in total. The summed E-state index contributed by atoms with van der Waals surface area (Å²) in [7, 11) is 0. The minimum Gasteiger partial charge on any atom is -0.466 e. The summed E-state index contributed by atoms with van der Waals surface area (Å²) in [6, 6.07) is -0.637. The standard InChI is InChI=1S/C29H47NO6/c1-2-3-4-5-6-7-8-9-10-11-12-13-14-15-16-17-18-20-27(33)36-22-19-21-30-23-26(32)29(35)28(34)25(30)24-31/h3-4,6-7,9-10,12-13,15-16,25-26,28-29,31-32,34-35H,2,5,8,11,14,17-24H2,1H3/b4-3-,7-6-,10-9-,13-12-,16-15-/t25?,26?,28-,29?/m1/s1. The first kappa shape index (κ1) is 32.0. The summed E-state index contributed by atoms with van der Waals surface area (Å²) < 4.78 is 5.25. The van der Waals surface area contributed by atoms with Crippen molar-refractivity contribution in [2.24, 2.45) is 0 Å². The summed E-state index contributed by atoms with van der Waals surface area (Å²) in [5.41, 5.74) is 0. The van der Waals surface area contributed by atoms with Crippen molar-refractivity contribution in [2.75, 3.05) is 26.3 Å². The van der Waals surface area contributed by atoms with E-state index in [-0.39, 0.29) is 25.7 Å². The zero-order valence-electron chi connectivity index (χ0n) is 21.8. The number of esters is 1. The summed E-state index contributed by atoms with van der Waals surface area (Å²) >= 11 is 0. The minimum absolute atomic E-state index is 0.157. The molecule has 7 heteroatoms. The maximum absolute atomic E-state index is 11.9. The number of piperidine rings is 1. The van der Waals surface area contributed by atoms with E-state index in [1.165, 1.54) is 0 Å². The molecule has 36 heavy (non-hydrogen) atoms. The Kier molecular flexibility index (Phi) is 18.7. The number of carbonyl (C=O) groups excluding carboxylic acids is 1. The number of hydrogen-bond donors (Lipinski definition) is 4. The van der Waals surface area contributed by atoms with Crippen LogP contribution in [-0.2, 0) is 9.53 Å². The Labute approximate surface area is 217 Å². The van der Waals surface area contributed by atoms with Gasteiger partial charge in [0.1, 0.15) is 12.2 Å². The van der Waals surface area contributed by atoms with Crippen molar-refractivity contribution >= 4 is 5.97 Å². The number of carbonyl (C=O) groups is 1. The van der Waals surface area contributed by atoms with E-state index in [2.05, 4.69) is 67.7 Å². The number of β-amino-alcohol motifs (C(OH)–C–C–N with tert-alkyl or cyclic N) is 1. The largest absolute Gasteiger partial charge is 0.466 e. The van der Waals surface area contributed by atoms with Crippen LogP contribution in [0.2, 0.25) is 0 Å². The normalized spacial score (nSPS) is 23.8. The predicted molar refractivity (Wildman–Crippen MR) is 144 cm³/mol. The molecule has 3 unspecified atom stereocenters. The van der Waals surface area contributed by atoms with Gasteiger partial charge in [0.2, 0.25) is 0 Å². The van der Waals surface area contributed by atoms with Gasteiger partial charge in [0.25, 0.3) is 0 Å². The van der Waals surface area contributed by atoms with Gasteiger partial charge in [-0.25, -0.2) is 0 Å². The summed E-state index contributed by atoms with van der Waals surface area (Å²) in [6.07, 6.45) is 25.4. The van der Waals surface area contributed by atoms with E-state index in [0.29, 0.717) is 19.4 Å². The summed E-state index contributed by atoms with van der Waals surface area (Å²) in [5.74, 6) is -0.241. The SMILES string of the molecule is CC/C=C\C/C=C\C/C=C\C/C=C\C/C=C\CCCC(=O)OCCCN1CC(O)C(O)[C@H](O)C1CO. The number of aliphatic hydroxyl groups excluding tert-OH is 4. The van der Waals surface area contributed by atoms with Crippen LogP contribution < -0.4 is 0 Å². The highest BCUT2D eigenvalue weighted by Gasteiger charge is 2.40. The molecule has 0 aromatic heterocycles. The number of hydrogen-bond acceptors (Lipinski definition) is 7. The molecule has 0 radical (unpaired) electrons. The number of unbranched alkanes of at least 4 members (excludes halogenated alkanes) is 1. The van der Waals surface area contributed by atoms with Gasteiger partial charge in [-0.2, -0.15) is 0 Å². The Bertz CT molecular complexity index is 715. The van der Waals surface area contributed by atoms with Gasteiger partial charge in [-0.05, 0) is 51.4 Å². The van der Waals surface area contributed by atoms with E-state index in [9.17, 15) is 25.2 Å². The molecule has 0 amide bonds. The number of aliphatic hydroxyl groups is 4. The molecule has 0 bridgehead atoms. The molecule has 7 nitrogen and oxygen atoms in total. The van der Waals surface area contributed by atoms with E-state index < -0.39 is 24.4 Å². The van der Waals surface area contributed by atoms with Gasteiger partial charge < -0.3 is 25.2 Å². The Morgan fingerprint density at radius 2 is 1.39 bits per heavy atom. The quantitative estimate of drug-likeness (QED) is 0.128. The molecule has 1 rings (SSSR count). The van der Waals surface area contributed by atoms with E-state index in [4.69, 9.17) is 4.74 Å². The van der Waals surface area contributed by atoms with E-state index in [1.54, 1.807) is 4.90 Å². The molecular formula is C29H47NO6. The second-order valence-corrected chi connectivity index (χ2v) is 8.97. The third kappa shape index (κ3) is 14.5. The van der Waals surface area contributed by atoms with Gasteiger partial charge in [-0.1, -0.05) is 67.7 Å². The second kappa shape index (κ2) is 21.1. The molecule has 1 fully saturated rings. The molecule has 4 atom stereocenters. The van der Waals surface area contributed by atoms with Crippen LogP contribution in [0.5, 0.6) is 0 Å². The zero-order chi connectivity index (χ0) is 26.4. The first-order valence-electron chi connectivity index (χ1n) is 13.3. The van der Waals surface area contributed by atoms with Crippen LogP contribution in [0.25, 0.3) is 0 Å². The maximum Gasteiger partial charge on any atom is 0.305 e. The van der Waals surface area contributed by atoms with E-state index in [1.807, 2.05) is 0 Å². The lowest BCUT2D eigenvalue weighted by atomic mass is 9.94. The van der Waals surface area contributed by atoms with Crippen LogP contribution in [-0.4, -0.2) is 82.0 Å². The van der Waals surface area contributed by atoms with Gasteiger partial charge >= 0.3 is 5.97 Å². The minimum atomic E-state index is -1.26. The van der Waals surface area contributed by atoms with E-state index in [0.717, 1.165) is 44.9 Å². The third-order valence-electron chi connectivity index (χ3n) is 5.98. The molecule has 0 saturated carbocycles. The van der Waals surface area contributed by atoms with Gasteiger partial charge in [0.15, 0.2) is 0 Å². The lowest BCUT2D eigenvalue weighted by molar-refractivity contribution is -0.149. The van der Waals surface area contributed by atoms with Gasteiger partial charge in [0.05, 0.1) is 25.4 Å². The average Bonchev–Trinajstić information content (AvgIpc) is 2.87. The lowest BCUT2D eigenvalue weighted by Gasteiger charge is -2.43. The van der Waals surface area contributed by atoms with Crippen LogP contribution in [0.4, 0.5) is 0 Å². The number of likely N-dealkylation sites (tertiary alicyclic amines) is 1. The Balaban J connectivity index is 2.03. The molecule has 0 aromatic rings. The zero-order valence-corrected chi connectivity index (χ0v) is 21.8. The van der Waals surface area contributed by atoms with Gasteiger partial charge in [-0.15, -0.1) is 0 Å². The molecule has 0 aromatic carbocycles. The van der Waals surface area contributed by atoms with Gasteiger partial charge in [-0.3, -0.25) is 9.69 Å². The topological polar surface area (TPSA) is 110 Å². The molecule has 1 saturated heterocycles. The van der Waals surface area contributed by atoms with Crippen molar-refractivity contribution in [3.05, 3.63) is 60.8 Å². The fourth-order valence-electron chi connectivity index (χ4n) is 3.89. The summed E-state index contributed by atoms with van der Waals surface area (Å²) in [4.78, 5) is 13.6. The molecule has 204 valence electrons. The second-order valence-electron chi connectivity index (χ2n) is 8.97. The molecule has 1 aliphatic rings. The van der Waals surface area contributed by atoms with Crippen LogP contribution in [0, 0.1) is 0 Å². The Hall–Kier alpha value is -2.03. The van der Waals surface area contributed by atoms with E-state index >= 15 is 0 Å². The first-order valence-corrected chi connectivity index (χ1v) is 13.3. The van der Waals surface area contributed by atoms with Crippen molar-refractivity contribution in [1.29, 1.82) is 0 Å². The molecular weight excluding hydrogens is 458 g/mol. The number of rotatable bonds is 18. The molecule has 1 heterocycles. The fraction of sp³-hybridized carbons (Fsp3) is 0.621. The van der Waals surface area contributed by atoms with Crippen molar-refractivity contribution in [3.63, 3.8) is 0 Å². The number of nitrogens with zero attached hydrogens (tertiary/aromatic N) is 1. The van der Waals surface area contributed by atoms with Crippen molar-refractivity contribution in [3.8, 4) is 0 Å². The van der Waals surface area contributed by atoms with Gasteiger partial charge in [0, 0.05) is 19.5 Å². The molecule has 1 aliphatic heterocycles. The highest BCUT2D eigenvalue weighted by molar-refractivity contribution is 5.69. The van der Waals surface area contributed by atoms with Crippen LogP contribution >= 0.6 is 0 Å². The summed E-state index contributed by atoms with van der Waals surface area (Å²) in [6.45, 7) is 2.66. The maximum atomic E-state index is 11.9. The van der Waals surface area contributed by atoms with Crippen LogP contribution in [0.15, 0.2) is 60.8 Å². The highest BCUT2D eigenvalue weighted by Crippen LogP contribution is 2.19. The predicted octanol–water partition coefficient (Wildman–Crippen LogP) is 3.60. The average molecular weight is 506 g/mol. The van der Waals surface area contributed by atoms with Crippen LogP contribution in [0.1, 0.15) is 64.7 Å². The van der Waals surface area contributed by atoms with Crippen molar-refractivity contribution in [1.82, 2.24) is 4.90 Å². The highest BCUT2D eigenvalue weighted by atomic mass is 16.5. The lowest BCUT2D eigenvalue weighted by Crippen LogP contribution is -2.62. The van der Waals surface area contributed by atoms with Crippen molar-refractivity contribution < 1.29 is 30.0 Å². The third-order valence-corrected chi connectivity index (χ3v) is 5.98. The summed E-state index contributed by atoms with van der Waals surface area (Å²) in [5, 5.41) is 39.0. The Morgan fingerprint density at radius 1 is 0.833 bits per heavy atom. The molecule has 0 aliphatic carbocycles. The smallest absolute Gasteiger partial charge is 0.305 e. The Morgan fingerprint density at radius 3 is 1.94 bits per heavy atom. The van der Waals surface area contributed by atoms with Crippen LogP contribution in [0.3, 0.4) is 0 Å².